The summed E-state index contributed by atoms with van der Waals surface area (Å²) >= 11 is 0. The van der Waals surface area contributed by atoms with E-state index in [0.717, 1.165) is 12.8 Å². The fraction of sp³-hybridized carbons (Fsp3) is 0.938. The molecular formula is C16H37NO2Si3. The van der Waals surface area contributed by atoms with Crippen molar-refractivity contribution >= 4 is 30.8 Å². The molecule has 0 radical (unpaired) electrons. The highest BCUT2D eigenvalue weighted by Crippen LogP contribution is 2.34. The SMILES string of the molecule is C[Si](C)(C)OC(=O)C1CCC(N([Si](C)(C)C)[Si](C)(C)C)CC1. The van der Waals surface area contributed by atoms with Crippen molar-refractivity contribution in [3.8, 4) is 0 Å². The van der Waals surface area contributed by atoms with Gasteiger partial charge in [0.25, 0.3) is 5.97 Å². The smallest absolute Gasteiger partial charge is 0.295 e. The minimum atomic E-state index is -1.75. The molecule has 0 spiro atoms. The van der Waals surface area contributed by atoms with Crippen LogP contribution in [0.5, 0.6) is 0 Å². The van der Waals surface area contributed by atoms with E-state index in [2.05, 4.69) is 63.2 Å². The van der Waals surface area contributed by atoms with E-state index in [4.69, 9.17) is 4.43 Å². The van der Waals surface area contributed by atoms with Gasteiger partial charge in [-0.1, -0.05) is 39.3 Å². The van der Waals surface area contributed by atoms with E-state index >= 15 is 0 Å². The van der Waals surface area contributed by atoms with Crippen LogP contribution in [0, 0.1) is 5.92 Å². The summed E-state index contributed by atoms with van der Waals surface area (Å²) in [5, 5.41) is 0. The van der Waals surface area contributed by atoms with Crippen LogP contribution in [0.1, 0.15) is 25.7 Å². The third-order valence-corrected chi connectivity index (χ3v) is 12.7. The number of hydrogen-bond donors (Lipinski definition) is 0. The zero-order valence-corrected chi connectivity index (χ0v) is 19.2. The zero-order valence-electron chi connectivity index (χ0n) is 16.2. The molecule has 0 aromatic heterocycles. The Labute approximate surface area is 141 Å². The maximum Gasteiger partial charge on any atom is 0.295 e. The molecule has 1 aliphatic carbocycles. The van der Waals surface area contributed by atoms with Gasteiger partial charge < -0.3 is 8.66 Å². The van der Waals surface area contributed by atoms with Crippen molar-refractivity contribution in [3.05, 3.63) is 0 Å². The molecule has 0 aromatic rings. The molecule has 1 fully saturated rings. The summed E-state index contributed by atoms with van der Waals surface area (Å²) in [4.78, 5) is 12.3. The van der Waals surface area contributed by atoms with E-state index in [-0.39, 0.29) is 11.9 Å². The summed E-state index contributed by atoms with van der Waals surface area (Å²) in [6, 6.07) is 0.689. The summed E-state index contributed by atoms with van der Waals surface area (Å²) in [5.41, 5.74) is 0. The van der Waals surface area contributed by atoms with Crippen molar-refractivity contribution in [1.29, 1.82) is 0 Å². The van der Waals surface area contributed by atoms with Gasteiger partial charge in [0, 0.05) is 0 Å². The summed E-state index contributed by atoms with van der Waals surface area (Å²) in [6.45, 7) is 21.1. The molecule has 0 atom stereocenters. The Morgan fingerprint density at radius 2 is 1.23 bits per heavy atom. The van der Waals surface area contributed by atoms with E-state index in [9.17, 15) is 4.79 Å². The Morgan fingerprint density at radius 3 is 1.55 bits per heavy atom. The summed E-state index contributed by atoms with van der Waals surface area (Å²) in [7, 11) is -4.37. The second-order valence-corrected chi connectivity index (χ2v) is 24.3. The lowest BCUT2D eigenvalue weighted by Gasteiger charge is -2.50. The summed E-state index contributed by atoms with van der Waals surface area (Å²) in [5.74, 6) is 0.221. The molecule has 1 saturated carbocycles. The largest absolute Gasteiger partial charge is 0.520 e. The Hall–Kier alpha value is 0.0806. The van der Waals surface area contributed by atoms with Gasteiger partial charge in [0.05, 0.1) is 5.92 Å². The molecule has 22 heavy (non-hydrogen) atoms. The highest BCUT2D eigenvalue weighted by atomic mass is 28.4. The number of carbonyl (C=O) groups is 1. The fourth-order valence-electron chi connectivity index (χ4n) is 4.06. The van der Waals surface area contributed by atoms with Crippen molar-refractivity contribution in [2.75, 3.05) is 0 Å². The number of carbonyl (C=O) groups excluding carboxylic acids is 1. The monoisotopic (exact) mass is 359 g/mol. The van der Waals surface area contributed by atoms with Gasteiger partial charge in [-0.3, -0.25) is 4.79 Å². The van der Waals surface area contributed by atoms with Gasteiger partial charge >= 0.3 is 0 Å². The molecule has 0 N–H and O–H groups in total. The lowest BCUT2D eigenvalue weighted by Crippen LogP contribution is -2.63. The first kappa shape index (κ1) is 20.1. The van der Waals surface area contributed by atoms with Gasteiger partial charge in [-0.15, -0.1) is 0 Å². The predicted octanol–water partition coefficient (Wildman–Crippen LogP) is 4.90. The van der Waals surface area contributed by atoms with Crippen molar-refractivity contribution in [1.82, 2.24) is 4.23 Å². The standard InChI is InChI=1S/C16H37NO2Si3/c1-20(2,3)17(21(4,5)6)15-12-10-14(11-13-15)16(18)19-22(7,8)9/h14-15H,10-13H2,1-9H3. The van der Waals surface area contributed by atoms with Crippen molar-refractivity contribution in [3.63, 3.8) is 0 Å². The Kier molecular flexibility index (Phi) is 6.32. The first-order chi connectivity index (χ1) is 9.72. The third-order valence-electron chi connectivity index (χ3n) is 4.25. The number of hydrogen-bond acceptors (Lipinski definition) is 3. The van der Waals surface area contributed by atoms with Gasteiger partial charge in [-0.2, -0.15) is 0 Å². The Bertz CT molecular complexity index is 372. The quantitative estimate of drug-likeness (QED) is 0.654. The van der Waals surface area contributed by atoms with Crippen LogP contribution in [0.25, 0.3) is 0 Å². The molecule has 1 rings (SSSR count). The van der Waals surface area contributed by atoms with Crippen LogP contribution in [-0.2, 0) is 9.22 Å². The minimum Gasteiger partial charge on any atom is -0.520 e. The Balaban J connectivity index is 2.69. The van der Waals surface area contributed by atoms with Gasteiger partial charge in [-0.05, 0) is 51.4 Å². The van der Waals surface area contributed by atoms with Crippen LogP contribution in [0.4, 0.5) is 0 Å². The highest BCUT2D eigenvalue weighted by Gasteiger charge is 2.41. The van der Waals surface area contributed by atoms with E-state index in [0.29, 0.717) is 6.04 Å². The lowest BCUT2D eigenvalue weighted by molar-refractivity contribution is -0.140. The fourth-order valence-corrected chi connectivity index (χ4v) is 15.6. The second kappa shape index (κ2) is 6.91. The third kappa shape index (κ3) is 5.94. The molecule has 0 aliphatic heterocycles. The van der Waals surface area contributed by atoms with Gasteiger partial charge in [0.15, 0.2) is 0 Å². The summed E-state index contributed by atoms with van der Waals surface area (Å²) in [6.07, 6.45) is 4.36. The minimum absolute atomic E-state index is 0.0742. The van der Waals surface area contributed by atoms with Crippen LogP contribution in [0.3, 0.4) is 0 Å². The van der Waals surface area contributed by atoms with Crippen LogP contribution in [-0.4, -0.2) is 41.0 Å². The van der Waals surface area contributed by atoms with Gasteiger partial charge in [-0.25, -0.2) is 0 Å². The van der Waals surface area contributed by atoms with E-state index in [1.54, 1.807) is 0 Å². The predicted molar refractivity (Wildman–Crippen MR) is 104 cm³/mol. The molecule has 130 valence electrons. The average molecular weight is 360 g/mol. The molecule has 0 unspecified atom stereocenters. The molecule has 6 heteroatoms. The molecule has 1 aliphatic rings. The van der Waals surface area contributed by atoms with Gasteiger partial charge in [0.1, 0.15) is 16.5 Å². The normalized spacial score (nSPS) is 24.5. The maximum atomic E-state index is 12.3. The van der Waals surface area contributed by atoms with E-state index in [1.165, 1.54) is 12.8 Å². The molecule has 0 saturated heterocycles. The molecule has 0 aromatic carbocycles. The topological polar surface area (TPSA) is 29.5 Å². The van der Waals surface area contributed by atoms with E-state index in [1.807, 2.05) is 0 Å². The molecule has 3 nitrogen and oxygen atoms in total. The van der Waals surface area contributed by atoms with E-state index < -0.39 is 24.8 Å². The van der Waals surface area contributed by atoms with Crippen LogP contribution in [0.15, 0.2) is 0 Å². The molecule has 0 bridgehead atoms. The molecule has 0 heterocycles. The highest BCUT2D eigenvalue weighted by molar-refractivity contribution is 6.89. The summed E-state index contributed by atoms with van der Waals surface area (Å²) < 4.78 is 8.63. The molecular weight excluding hydrogens is 322 g/mol. The number of rotatable bonds is 5. The lowest BCUT2D eigenvalue weighted by atomic mass is 9.86. The van der Waals surface area contributed by atoms with Crippen molar-refractivity contribution in [2.24, 2.45) is 5.92 Å². The van der Waals surface area contributed by atoms with Crippen LogP contribution < -0.4 is 0 Å². The molecule has 0 amide bonds. The second-order valence-electron chi connectivity index (χ2n) is 9.75. The van der Waals surface area contributed by atoms with Crippen molar-refractivity contribution < 1.29 is 9.22 Å². The van der Waals surface area contributed by atoms with Crippen LogP contribution in [0.2, 0.25) is 58.9 Å². The average Bonchev–Trinajstić information content (AvgIpc) is 2.23. The van der Waals surface area contributed by atoms with Gasteiger partial charge in [0.2, 0.25) is 8.32 Å². The zero-order chi connectivity index (χ0) is 17.3. The Morgan fingerprint density at radius 1 is 0.818 bits per heavy atom. The first-order valence-electron chi connectivity index (χ1n) is 8.74. The first-order valence-corrected chi connectivity index (χ1v) is 19.0. The maximum absolute atomic E-state index is 12.3. The van der Waals surface area contributed by atoms with Crippen molar-refractivity contribution in [2.45, 2.75) is 90.6 Å². The van der Waals surface area contributed by atoms with Crippen LogP contribution >= 0.6 is 0 Å². The number of nitrogens with zero attached hydrogens (tertiary/aromatic N) is 1.